The van der Waals surface area contributed by atoms with Gasteiger partial charge >= 0.3 is 0 Å². The minimum Gasteiger partial charge on any atom is -0.399 e. The average molecular weight is 384 g/mol. The van der Waals surface area contributed by atoms with Crippen molar-refractivity contribution < 1.29 is 10.2 Å². The molecule has 6 heteroatoms. The van der Waals surface area contributed by atoms with Gasteiger partial charge in [0.25, 0.3) is 0 Å². The minimum absolute atomic E-state index is 0.347. The second-order valence-corrected chi connectivity index (χ2v) is 7.62. The molecule has 0 atom stereocenters. The minimum atomic E-state index is -1.03. The van der Waals surface area contributed by atoms with Crippen molar-refractivity contribution in [3.63, 3.8) is 0 Å². The van der Waals surface area contributed by atoms with E-state index in [9.17, 15) is 10.2 Å². The standard InChI is InChI=1S/C21H22ClN3O2/c22-15-3-7-17(8-4-15)25-19(14-1-5-16(23)6-2-14)13-20(24-25)21(27)11-9-18(26)10-12-21/h1-8,13,18,26-27H,9-12,23H2. The summed E-state index contributed by atoms with van der Waals surface area (Å²) in [6.45, 7) is 0. The molecular weight excluding hydrogens is 362 g/mol. The molecule has 4 N–H and O–H groups in total. The van der Waals surface area contributed by atoms with Crippen LogP contribution >= 0.6 is 11.6 Å². The molecule has 0 radical (unpaired) electrons. The Morgan fingerprint density at radius 1 is 1.04 bits per heavy atom. The molecule has 140 valence electrons. The topological polar surface area (TPSA) is 84.3 Å². The summed E-state index contributed by atoms with van der Waals surface area (Å²) >= 11 is 6.03. The molecular formula is C21H22ClN3O2. The van der Waals surface area contributed by atoms with Crippen molar-refractivity contribution in [2.24, 2.45) is 0 Å². The molecule has 4 rings (SSSR count). The van der Waals surface area contributed by atoms with E-state index in [1.165, 1.54) is 0 Å². The van der Waals surface area contributed by atoms with Gasteiger partial charge in [-0.1, -0.05) is 23.7 Å². The van der Waals surface area contributed by atoms with Gasteiger partial charge < -0.3 is 15.9 Å². The van der Waals surface area contributed by atoms with Crippen LogP contribution in [0, 0.1) is 0 Å². The molecule has 1 aliphatic rings. The highest BCUT2D eigenvalue weighted by molar-refractivity contribution is 6.30. The molecule has 1 aliphatic carbocycles. The number of hydrogen-bond acceptors (Lipinski definition) is 4. The maximum absolute atomic E-state index is 11.2. The summed E-state index contributed by atoms with van der Waals surface area (Å²) in [6, 6.07) is 16.9. The monoisotopic (exact) mass is 383 g/mol. The van der Waals surface area contributed by atoms with Crippen LogP contribution in [0.5, 0.6) is 0 Å². The van der Waals surface area contributed by atoms with Crippen LogP contribution < -0.4 is 5.73 Å². The molecule has 0 unspecified atom stereocenters. The molecule has 1 aromatic heterocycles. The van der Waals surface area contributed by atoms with E-state index in [1.54, 1.807) is 0 Å². The van der Waals surface area contributed by atoms with Crippen LogP contribution in [-0.2, 0) is 5.60 Å². The highest BCUT2D eigenvalue weighted by Crippen LogP contribution is 2.38. The Morgan fingerprint density at radius 3 is 2.30 bits per heavy atom. The molecule has 1 fully saturated rings. The van der Waals surface area contributed by atoms with Crippen molar-refractivity contribution in [3.8, 4) is 16.9 Å². The lowest BCUT2D eigenvalue weighted by Gasteiger charge is -2.32. The van der Waals surface area contributed by atoms with E-state index in [-0.39, 0.29) is 6.10 Å². The second kappa shape index (κ2) is 7.00. The maximum atomic E-state index is 11.2. The van der Waals surface area contributed by atoms with Crippen LogP contribution in [0.15, 0.2) is 54.6 Å². The largest absolute Gasteiger partial charge is 0.399 e. The fourth-order valence-electron chi connectivity index (χ4n) is 3.58. The Morgan fingerprint density at radius 2 is 1.67 bits per heavy atom. The Kier molecular flexibility index (Phi) is 4.68. The fourth-order valence-corrected chi connectivity index (χ4v) is 3.71. The van der Waals surface area contributed by atoms with E-state index in [0.29, 0.717) is 42.1 Å². The Hall–Kier alpha value is -2.34. The molecule has 3 aromatic rings. The van der Waals surface area contributed by atoms with Gasteiger partial charge in [-0.25, -0.2) is 4.68 Å². The first-order valence-electron chi connectivity index (χ1n) is 9.07. The van der Waals surface area contributed by atoms with Crippen LogP contribution in [0.25, 0.3) is 16.9 Å². The molecule has 2 aromatic carbocycles. The van der Waals surface area contributed by atoms with Crippen LogP contribution in [0.4, 0.5) is 5.69 Å². The number of aromatic nitrogens is 2. The lowest BCUT2D eigenvalue weighted by Crippen LogP contribution is -2.33. The van der Waals surface area contributed by atoms with Gasteiger partial charge in [0.1, 0.15) is 5.60 Å². The summed E-state index contributed by atoms with van der Waals surface area (Å²) in [7, 11) is 0. The van der Waals surface area contributed by atoms with Crippen molar-refractivity contribution in [2.45, 2.75) is 37.4 Å². The average Bonchev–Trinajstić information content (AvgIpc) is 3.12. The third-order valence-electron chi connectivity index (χ3n) is 5.25. The molecule has 1 saturated carbocycles. The van der Waals surface area contributed by atoms with Crippen molar-refractivity contribution in [1.29, 1.82) is 0 Å². The van der Waals surface area contributed by atoms with E-state index in [2.05, 4.69) is 0 Å². The predicted molar refractivity (Wildman–Crippen MR) is 107 cm³/mol. The van der Waals surface area contributed by atoms with Gasteiger partial charge in [0, 0.05) is 16.3 Å². The molecule has 0 bridgehead atoms. The van der Waals surface area contributed by atoms with E-state index >= 15 is 0 Å². The zero-order valence-corrected chi connectivity index (χ0v) is 15.6. The summed E-state index contributed by atoms with van der Waals surface area (Å²) in [4.78, 5) is 0. The van der Waals surface area contributed by atoms with Gasteiger partial charge in [-0.3, -0.25) is 0 Å². The number of aliphatic hydroxyl groups excluding tert-OH is 1. The zero-order chi connectivity index (χ0) is 19.0. The number of hydrogen-bond donors (Lipinski definition) is 3. The lowest BCUT2D eigenvalue weighted by atomic mass is 9.81. The van der Waals surface area contributed by atoms with Gasteiger partial charge in [0.2, 0.25) is 0 Å². The molecule has 1 heterocycles. The molecule has 27 heavy (non-hydrogen) atoms. The number of nitrogens with zero attached hydrogens (tertiary/aromatic N) is 2. The number of nitrogens with two attached hydrogens (primary N) is 1. The summed E-state index contributed by atoms with van der Waals surface area (Å²) in [5.41, 5.74) is 8.79. The SMILES string of the molecule is Nc1ccc(-c2cc(C3(O)CCC(O)CC3)nn2-c2ccc(Cl)cc2)cc1. The van der Waals surface area contributed by atoms with Crippen LogP contribution in [-0.4, -0.2) is 26.1 Å². The van der Waals surface area contributed by atoms with Gasteiger partial charge in [0.05, 0.1) is 23.2 Å². The Bertz CT molecular complexity index is 864. The van der Waals surface area contributed by atoms with Crippen LogP contribution in [0.1, 0.15) is 31.4 Å². The fraction of sp³-hybridized carbons (Fsp3) is 0.286. The van der Waals surface area contributed by atoms with Gasteiger partial charge in [0.15, 0.2) is 0 Å². The first kappa shape index (κ1) is 18.0. The number of nitrogen functional groups attached to an aromatic ring is 1. The van der Waals surface area contributed by atoms with Crippen LogP contribution in [0.2, 0.25) is 5.02 Å². The highest BCUT2D eigenvalue weighted by Gasteiger charge is 2.37. The van der Waals surface area contributed by atoms with Gasteiger partial charge in [-0.2, -0.15) is 5.10 Å². The molecule has 0 amide bonds. The zero-order valence-electron chi connectivity index (χ0n) is 14.8. The third-order valence-corrected chi connectivity index (χ3v) is 5.50. The summed E-state index contributed by atoms with van der Waals surface area (Å²) < 4.78 is 1.82. The van der Waals surface area contributed by atoms with Gasteiger partial charge in [-0.05, 0) is 68.1 Å². The second-order valence-electron chi connectivity index (χ2n) is 7.19. The van der Waals surface area contributed by atoms with E-state index in [0.717, 1.165) is 16.9 Å². The number of rotatable bonds is 3. The summed E-state index contributed by atoms with van der Waals surface area (Å²) in [5, 5.41) is 26.3. The first-order valence-corrected chi connectivity index (χ1v) is 9.45. The van der Waals surface area contributed by atoms with Crippen LogP contribution in [0.3, 0.4) is 0 Å². The van der Waals surface area contributed by atoms with Crippen molar-refractivity contribution in [2.75, 3.05) is 5.73 Å². The Balaban J connectivity index is 1.82. The number of benzene rings is 2. The smallest absolute Gasteiger partial charge is 0.109 e. The molecule has 5 nitrogen and oxygen atoms in total. The predicted octanol–water partition coefficient (Wildman–Crippen LogP) is 3.90. The van der Waals surface area contributed by atoms with Crippen molar-refractivity contribution >= 4 is 17.3 Å². The van der Waals surface area contributed by atoms with Crippen molar-refractivity contribution in [3.05, 3.63) is 65.3 Å². The number of anilines is 1. The molecule has 0 saturated heterocycles. The quantitative estimate of drug-likeness (QED) is 0.599. The number of aliphatic hydroxyl groups is 2. The van der Waals surface area contributed by atoms with E-state index < -0.39 is 5.60 Å². The summed E-state index contributed by atoms with van der Waals surface area (Å²) in [6.07, 6.45) is 1.78. The number of halogens is 1. The van der Waals surface area contributed by atoms with E-state index in [1.807, 2.05) is 59.3 Å². The first-order chi connectivity index (χ1) is 12.9. The van der Waals surface area contributed by atoms with Gasteiger partial charge in [-0.15, -0.1) is 0 Å². The maximum Gasteiger partial charge on any atom is 0.109 e. The lowest BCUT2D eigenvalue weighted by molar-refractivity contribution is -0.0393. The Labute approximate surface area is 163 Å². The highest BCUT2D eigenvalue weighted by atomic mass is 35.5. The third kappa shape index (κ3) is 3.58. The summed E-state index contributed by atoms with van der Waals surface area (Å²) in [5.74, 6) is 0. The molecule has 0 aliphatic heterocycles. The normalized spacial score (nSPS) is 22.7. The molecule has 0 spiro atoms. The van der Waals surface area contributed by atoms with E-state index in [4.69, 9.17) is 22.4 Å². The van der Waals surface area contributed by atoms with Crippen molar-refractivity contribution in [1.82, 2.24) is 9.78 Å².